The summed E-state index contributed by atoms with van der Waals surface area (Å²) in [7, 11) is 0. The average molecular weight is 330 g/mol. The smallest absolute Gasteiger partial charge is 0.244 e. The molecule has 0 amide bonds. The van der Waals surface area contributed by atoms with E-state index in [1.807, 2.05) is 24.3 Å². The predicted molar refractivity (Wildman–Crippen MR) is 94.2 cm³/mol. The average Bonchev–Trinajstić information content (AvgIpc) is 2.56. The summed E-state index contributed by atoms with van der Waals surface area (Å²) in [5.74, 6) is 1.18. The summed E-state index contributed by atoms with van der Waals surface area (Å²) in [5, 5.41) is 15.1. The maximum absolute atomic E-state index is 5.98. The fourth-order valence-electron chi connectivity index (χ4n) is 2.62. The Morgan fingerprint density at radius 1 is 1.22 bits per heavy atom. The molecule has 2 N–H and O–H groups in total. The summed E-state index contributed by atoms with van der Waals surface area (Å²) in [5.41, 5.74) is 2.40. The fourth-order valence-corrected chi connectivity index (χ4v) is 2.81. The molecule has 23 heavy (non-hydrogen) atoms. The summed E-state index contributed by atoms with van der Waals surface area (Å²) >= 11 is 5.98. The molecule has 5 nitrogen and oxygen atoms in total. The molecule has 0 spiro atoms. The molecule has 0 saturated carbocycles. The van der Waals surface area contributed by atoms with Crippen molar-refractivity contribution in [2.75, 3.05) is 17.2 Å². The lowest BCUT2D eigenvalue weighted by atomic mass is 9.97. The Bertz CT molecular complexity index is 686. The van der Waals surface area contributed by atoms with Gasteiger partial charge in [0, 0.05) is 17.3 Å². The molecule has 1 aromatic heterocycles. The Kier molecular flexibility index (Phi) is 5.42. The van der Waals surface area contributed by atoms with Gasteiger partial charge in [0.25, 0.3) is 0 Å². The van der Waals surface area contributed by atoms with E-state index in [9.17, 15) is 0 Å². The number of anilines is 3. The van der Waals surface area contributed by atoms with Crippen molar-refractivity contribution >= 4 is 29.1 Å². The van der Waals surface area contributed by atoms with Crippen molar-refractivity contribution in [3.8, 4) is 0 Å². The van der Waals surface area contributed by atoms with E-state index in [0.29, 0.717) is 16.8 Å². The molecular formula is C17H20ClN5. The van der Waals surface area contributed by atoms with Gasteiger partial charge in [-0.1, -0.05) is 29.3 Å². The molecule has 3 rings (SSSR count). The fraction of sp³-hybridized carbons (Fsp3) is 0.353. The quantitative estimate of drug-likeness (QED) is 0.760. The molecule has 0 radical (unpaired) electrons. The highest BCUT2D eigenvalue weighted by Gasteiger charge is 2.05. The van der Waals surface area contributed by atoms with E-state index < -0.39 is 0 Å². The van der Waals surface area contributed by atoms with Gasteiger partial charge in [-0.3, -0.25) is 0 Å². The van der Waals surface area contributed by atoms with Crippen molar-refractivity contribution in [3.05, 3.63) is 47.1 Å². The molecule has 6 heteroatoms. The number of nitrogens with one attached hydrogen (secondary N) is 2. The van der Waals surface area contributed by atoms with Crippen molar-refractivity contribution < 1.29 is 0 Å². The second kappa shape index (κ2) is 7.92. The molecule has 0 aliphatic heterocycles. The van der Waals surface area contributed by atoms with Crippen LogP contribution < -0.4 is 10.6 Å². The van der Waals surface area contributed by atoms with Gasteiger partial charge in [0.05, 0.1) is 6.20 Å². The zero-order valence-corrected chi connectivity index (χ0v) is 13.7. The number of halogens is 1. The number of nitrogens with zero attached hydrogens (tertiary/aromatic N) is 3. The zero-order valence-electron chi connectivity index (χ0n) is 12.9. The first-order valence-corrected chi connectivity index (χ1v) is 8.31. The van der Waals surface area contributed by atoms with E-state index in [-0.39, 0.29) is 0 Å². The van der Waals surface area contributed by atoms with Crippen LogP contribution in [0.4, 0.5) is 17.5 Å². The molecule has 0 bridgehead atoms. The molecule has 1 heterocycles. The summed E-state index contributed by atoms with van der Waals surface area (Å²) in [6, 6.07) is 7.48. The molecule has 0 atom stereocenters. The minimum Gasteiger partial charge on any atom is -0.353 e. The molecule has 1 aromatic carbocycles. The minimum atomic E-state index is 0.536. The molecule has 120 valence electrons. The number of allylic oxidation sites excluding steroid dienone is 1. The van der Waals surface area contributed by atoms with Crippen LogP contribution in [-0.2, 0) is 0 Å². The van der Waals surface area contributed by atoms with Crippen LogP contribution in [0.15, 0.2) is 42.1 Å². The van der Waals surface area contributed by atoms with E-state index in [4.69, 9.17) is 11.6 Å². The lowest BCUT2D eigenvalue weighted by Crippen LogP contribution is -2.09. The first-order chi connectivity index (χ1) is 11.3. The Balaban J connectivity index is 1.55. The van der Waals surface area contributed by atoms with Gasteiger partial charge < -0.3 is 10.6 Å². The highest BCUT2D eigenvalue weighted by Crippen LogP contribution is 2.20. The molecule has 0 fully saturated rings. The van der Waals surface area contributed by atoms with E-state index in [0.717, 1.165) is 18.7 Å². The van der Waals surface area contributed by atoms with Crippen molar-refractivity contribution in [1.82, 2.24) is 15.2 Å². The number of aromatic nitrogens is 3. The zero-order chi connectivity index (χ0) is 15.9. The topological polar surface area (TPSA) is 62.7 Å². The highest BCUT2D eigenvalue weighted by molar-refractivity contribution is 6.30. The Hall–Kier alpha value is -2.14. The molecule has 0 saturated heterocycles. The third-order valence-corrected chi connectivity index (χ3v) is 4.01. The maximum atomic E-state index is 5.98. The summed E-state index contributed by atoms with van der Waals surface area (Å²) in [6.45, 7) is 0.828. The summed E-state index contributed by atoms with van der Waals surface area (Å²) in [6.07, 6.45) is 10.1. The minimum absolute atomic E-state index is 0.536. The number of rotatable bonds is 6. The maximum Gasteiger partial charge on any atom is 0.244 e. The van der Waals surface area contributed by atoms with Crippen molar-refractivity contribution in [3.63, 3.8) is 0 Å². The second-order valence-electron chi connectivity index (χ2n) is 5.59. The van der Waals surface area contributed by atoms with Crippen molar-refractivity contribution in [2.24, 2.45) is 0 Å². The van der Waals surface area contributed by atoms with Gasteiger partial charge in [0.15, 0.2) is 5.82 Å². The summed E-state index contributed by atoms with van der Waals surface area (Å²) < 4.78 is 0. The van der Waals surface area contributed by atoms with Gasteiger partial charge >= 0.3 is 0 Å². The lowest BCUT2D eigenvalue weighted by molar-refractivity contribution is 0.679. The van der Waals surface area contributed by atoms with Gasteiger partial charge in [-0.2, -0.15) is 10.1 Å². The van der Waals surface area contributed by atoms with Crippen LogP contribution in [0.5, 0.6) is 0 Å². The predicted octanol–water partition coefficient (Wildman–Crippen LogP) is 4.57. The van der Waals surface area contributed by atoms with Crippen molar-refractivity contribution in [1.29, 1.82) is 0 Å². The Morgan fingerprint density at radius 3 is 3.00 bits per heavy atom. The Labute approximate surface area is 141 Å². The van der Waals surface area contributed by atoms with Crippen LogP contribution >= 0.6 is 11.6 Å². The van der Waals surface area contributed by atoms with Gasteiger partial charge in [0.1, 0.15) is 0 Å². The third-order valence-electron chi connectivity index (χ3n) is 3.77. The number of hydrogen-bond acceptors (Lipinski definition) is 5. The van der Waals surface area contributed by atoms with Crippen LogP contribution in [-0.4, -0.2) is 21.7 Å². The lowest BCUT2D eigenvalue weighted by Gasteiger charge is -2.13. The highest BCUT2D eigenvalue weighted by atomic mass is 35.5. The molecule has 1 aliphatic carbocycles. The van der Waals surface area contributed by atoms with Crippen LogP contribution in [0.2, 0.25) is 5.02 Å². The van der Waals surface area contributed by atoms with Crippen LogP contribution in [0.3, 0.4) is 0 Å². The van der Waals surface area contributed by atoms with Gasteiger partial charge in [-0.05, 0) is 50.3 Å². The van der Waals surface area contributed by atoms with Gasteiger partial charge in [-0.15, -0.1) is 5.10 Å². The standard InChI is InChI=1S/C17H20ClN5/c18-14-7-4-8-15(11-14)21-16-12-20-23-17(22-16)19-10-9-13-5-2-1-3-6-13/h4-5,7-8,11-12H,1-3,6,9-10H2,(H2,19,21,22,23). The van der Waals surface area contributed by atoms with Gasteiger partial charge in [-0.25, -0.2) is 0 Å². The van der Waals surface area contributed by atoms with Crippen LogP contribution in [0.1, 0.15) is 32.1 Å². The monoisotopic (exact) mass is 329 g/mol. The first kappa shape index (κ1) is 15.7. The summed E-state index contributed by atoms with van der Waals surface area (Å²) in [4.78, 5) is 4.42. The molecule has 0 unspecified atom stereocenters. The van der Waals surface area contributed by atoms with Gasteiger partial charge in [0.2, 0.25) is 5.95 Å². The molecule has 1 aliphatic rings. The normalized spacial score (nSPS) is 14.2. The largest absolute Gasteiger partial charge is 0.353 e. The van der Waals surface area contributed by atoms with E-state index in [1.165, 1.54) is 31.3 Å². The molecule has 2 aromatic rings. The SMILES string of the molecule is Clc1cccc(Nc2cnnc(NCCC3=CCCCC3)n2)c1. The third kappa shape index (κ3) is 4.93. The van der Waals surface area contributed by atoms with E-state index in [1.54, 1.807) is 6.20 Å². The molecular weight excluding hydrogens is 310 g/mol. The second-order valence-corrected chi connectivity index (χ2v) is 6.02. The van der Waals surface area contributed by atoms with Crippen molar-refractivity contribution in [2.45, 2.75) is 32.1 Å². The van der Waals surface area contributed by atoms with E-state index in [2.05, 4.69) is 31.9 Å². The number of benzene rings is 1. The van der Waals surface area contributed by atoms with Crippen LogP contribution in [0, 0.1) is 0 Å². The van der Waals surface area contributed by atoms with E-state index >= 15 is 0 Å². The first-order valence-electron chi connectivity index (χ1n) is 7.94. The Morgan fingerprint density at radius 2 is 2.17 bits per heavy atom. The number of hydrogen-bond donors (Lipinski definition) is 2. The van der Waals surface area contributed by atoms with Crippen LogP contribution in [0.25, 0.3) is 0 Å².